The van der Waals surface area contributed by atoms with Crippen LogP contribution in [0.4, 0.5) is 4.39 Å². The number of aromatic nitrogens is 2. The Labute approximate surface area is 160 Å². The van der Waals surface area contributed by atoms with E-state index in [9.17, 15) is 9.18 Å². The minimum Gasteiger partial charge on any atom is -0.496 e. The summed E-state index contributed by atoms with van der Waals surface area (Å²) in [4.78, 5) is 22.0. The molecule has 3 heterocycles. The van der Waals surface area contributed by atoms with Gasteiger partial charge in [-0.2, -0.15) is 0 Å². The van der Waals surface area contributed by atoms with Gasteiger partial charge in [0.2, 0.25) is 0 Å². The fraction of sp³-hybridized carbons (Fsp3) is 0.368. The number of piperazine rings is 1. The summed E-state index contributed by atoms with van der Waals surface area (Å²) >= 11 is 1.47. The maximum absolute atomic E-state index is 13.5. The highest BCUT2D eigenvalue weighted by Gasteiger charge is 2.19. The van der Waals surface area contributed by atoms with E-state index >= 15 is 0 Å². The number of nitrogens with zero attached hydrogens (tertiary/aromatic N) is 4. The SMILES string of the molecule is COc1ccc(F)cc1CN1CCN(Cc2cc(=O)n3ccsc3n2)CC1. The van der Waals surface area contributed by atoms with Crippen molar-refractivity contribution in [2.75, 3.05) is 33.3 Å². The summed E-state index contributed by atoms with van der Waals surface area (Å²) in [5.74, 6) is 0.471. The van der Waals surface area contributed by atoms with Crippen molar-refractivity contribution in [3.63, 3.8) is 0 Å². The predicted molar refractivity (Wildman–Crippen MR) is 103 cm³/mol. The maximum atomic E-state index is 13.5. The third kappa shape index (κ3) is 4.02. The fourth-order valence-electron chi connectivity index (χ4n) is 3.42. The summed E-state index contributed by atoms with van der Waals surface area (Å²) in [7, 11) is 1.61. The van der Waals surface area contributed by atoms with Gasteiger partial charge in [0.25, 0.3) is 5.56 Å². The molecule has 0 saturated carbocycles. The Bertz CT molecular complexity index is 995. The normalized spacial score (nSPS) is 16.1. The number of hydrogen-bond acceptors (Lipinski definition) is 6. The molecule has 1 aliphatic heterocycles. The first-order valence-electron chi connectivity index (χ1n) is 8.85. The van der Waals surface area contributed by atoms with Crippen LogP contribution in [-0.2, 0) is 13.1 Å². The van der Waals surface area contributed by atoms with Crippen LogP contribution in [-0.4, -0.2) is 52.5 Å². The van der Waals surface area contributed by atoms with Crippen LogP contribution in [0, 0.1) is 5.82 Å². The molecule has 142 valence electrons. The first-order chi connectivity index (χ1) is 13.1. The Morgan fingerprint density at radius 2 is 1.89 bits per heavy atom. The lowest BCUT2D eigenvalue weighted by Crippen LogP contribution is -2.45. The molecular formula is C19H21FN4O2S. The van der Waals surface area contributed by atoms with Gasteiger partial charge in [-0.1, -0.05) is 0 Å². The monoisotopic (exact) mass is 388 g/mol. The second-order valence-corrected chi connectivity index (χ2v) is 7.52. The molecule has 4 rings (SSSR count). The number of rotatable bonds is 5. The lowest BCUT2D eigenvalue weighted by atomic mass is 10.1. The molecule has 0 unspecified atom stereocenters. The van der Waals surface area contributed by atoms with E-state index in [2.05, 4.69) is 14.8 Å². The molecule has 0 radical (unpaired) electrons. The van der Waals surface area contributed by atoms with E-state index in [0.717, 1.165) is 42.4 Å². The molecule has 1 saturated heterocycles. The van der Waals surface area contributed by atoms with Gasteiger partial charge in [0, 0.05) is 62.5 Å². The average Bonchev–Trinajstić information content (AvgIpc) is 3.13. The molecule has 1 fully saturated rings. The van der Waals surface area contributed by atoms with Crippen LogP contribution >= 0.6 is 11.3 Å². The van der Waals surface area contributed by atoms with E-state index in [1.807, 2.05) is 5.38 Å². The average molecular weight is 388 g/mol. The van der Waals surface area contributed by atoms with Crippen LogP contribution in [0.1, 0.15) is 11.3 Å². The fourth-order valence-corrected chi connectivity index (χ4v) is 4.15. The van der Waals surface area contributed by atoms with Crippen molar-refractivity contribution < 1.29 is 9.13 Å². The van der Waals surface area contributed by atoms with Gasteiger partial charge in [0.05, 0.1) is 12.8 Å². The first kappa shape index (κ1) is 18.1. The Morgan fingerprint density at radius 3 is 2.63 bits per heavy atom. The van der Waals surface area contributed by atoms with E-state index in [0.29, 0.717) is 18.8 Å². The van der Waals surface area contributed by atoms with Gasteiger partial charge in [-0.05, 0) is 18.2 Å². The molecule has 1 aromatic carbocycles. The van der Waals surface area contributed by atoms with Crippen LogP contribution in [0.25, 0.3) is 4.96 Å². The zero-order valence-electron chi connectivity index (χ0n) is 15.1. The molecule has 1 aliphatic rings. The number of hydrogen-bond donors (Lipinski definition) is 0. The molecule has 2 aromatic heterocycles. The van der Waals surface area contributed by atoms with Crippen molar-refractivity contribution in [2.45, 2.75) is 13.1 Å². The van der Waals surface area contributed by atoms with Crippen molar-refractivity contribution in [3.05, 3.63) is 63.3 Å². The third-order valence-corrected chi connectivity index (χ3v) is 5.60. The Morgan fingerprint density at radius 1 is 1.15 bits per heavy atom. The van der Waals surface area contributed by atoms with Gasteiger partial charge in [0.1, 0.15) is 11.6 Å². The van der Waals surface area contributed by atoms with E-state index in [4.69, 9.17) is 4.74 Å². The van der Waals surface area contributed by atoms with Crippen molar-refractivity contribution in [2.24, 2.45) is 0 Å². The van der Waals surface area contributed by atoms with Crippen LogP contribution in [0.2, 0.25) is 0 Å². The predicted octanol–water partition coefficient (Wildman–Crippen LogP) is 2.22. The Hall–Kier alpha value is -2.29. The van der Waals surface area contributed by atoms with Crippen molar-refractivity contribution in [1.29, 1.82) is 0 Å². The molecular weight excluding hydrogens is 367 g/mol. The molecule has 3 aromatic rings. The number of ether oxygens (including phenoxy) is 1. The minimum absolute atomic E-state index is 0.0342. The van der Waals surface area contributed by atoms with Crippen LogP contribution in [0.5, 0.6) is 5.75 Å². The Balaban J connectivity index is 1.37. The molecule has 0 atom stereocenters. The van der Waals surface area contributed by atoms with E-state index in [-0.39, 0.29) is 11.4 Å². The van der Waals surface area contributed by atoms with Gasteiger partial charge in [-0.3, -0.25) is 19.0 Å². The molecule has 8 heteroatoms. The van der Waals surface area contributed by atoms with Gasteiger partial charge < -0.3 is 4.74 Å². The number of benzene rings is 1. The zero-order valence-corrected chi connectivity index (χ0v) is 15.9. The topological polar surface area (TPSA) is 50.1 Å². The van der Waals surface area contributed by atoms with Crippen molar-refractivity contribution in [3.8, 4) is 5.75 Å². The Kier molecular flexibility index (Phi) is 5.20. The van der Waals surface area contributed by atoms with Crippen LogP contribution < -0.4 is 10.3 Å². The molecule has 0 bridgehead atoms. The summed E-state index contributed by atoms with van der Waals surface area (Å²) < 4.78 is 20.5. The molecule has 0 spiro atoms. The van der Waals surface area contributed by atoms with Crippen molar-refractivity contribution in [1.82, 2.24) is 19.2 Å². The van der Waals surface area contributed by atoms with Crippen LogP contribution in [0.3, 0.4) is 0 Å². The highest BCUT2D eigenvalue weighted by atomic mass is 32.1. The minimum atomic E-state index is -0.245. The number of thiazole rings is 1. The summed E-state index contributed by atoms with van der Waals surface area (Å²) in [5, 5.41) is 1.87. The van der Waals surface area contributed by atoms with Gasteiger partial charge >= 0.3 is 0 Å². The number of methoxy groups -OCH3 is 1. The molecule has 0 N–H and O–H groups in total. The van der Waals surface area contributed by atoms with Gasteiger partial charge in [-0.25, -0.2) is 9.37 Å². The lowest BCUT2D eigenvalue weighted by molar-refractivity contribution is 0.120. The second kappa shape index (κ2) is 7.75. The second-order valence-electron chi connectivity index (χ2n) is 6.65. The number of fused-ring (bicyclic) bond motifs is 1. The van der Waals surface area contributed by atoms with E-state index in [1.54, 1.807) is 35.9 Å². The van der Waals surface area contributed by atoms with Crippen molar-refractivity contribution >= 4 is 16.3 Å². The summed E-state index contributed by atoms with van der Waals surface area (Å²) in [6, 6.07) is 6.24. The summed E-state index contributed by atoms with van der Waals surface area (Å²) in [5.41, 5.74) is 1.64. The van der Waals surface area contributed by atoms with Gasteiger partial charge in [-0.15, -0.1) is 11.3 Å². The molecule has 0 aliphatic carbocycles. The number of halogens is 1. The van der Waals surface area contributed by atoms with E-state index < -0.39 is 0 Å². The highest BCUT2D eigenvalue weighted by molar-refractivity contribution is 7.15. The maximum Gasteiger partial charge on any atom is 0.258 e. The highest BCUT2D eigenvalue weighted by Crippen LogP contribution is 2.22. The quantitative estimate of drug-likeness (QED) is 0.671. The third-order valence-electron chi connectivity index (χ3n) is 4.84. The largest absolute Gasteiger partial charge is 0.496 e. The zero-order chi connectivity index (χ0) is 18.8. The van der Waals surface area contributed by atoms with Gasteiger partial charge in [0.15, 0.2) is 4.96 Å². The van der Waals surface area contributed by atoms with E-state index in [1.165, 1.54) is 17.4 Å². The summed E-state index contributed by atoms with van der Waals surface area (Å²) in [6.45, 7) is 4.84. The molecule has 27 heavy (non-hydrogen) atoms. The molecule has 0 amide bonds. The lowest BCUT2D eigenvalue weighted by Gasteiger charge is -2.34. The first-order valence-corrected chi connectivity index (χ1v) is 9.73. The standard InChI is InChI=1S/C19H21FN4O2S/c1-26-17-3-2-15(20)10-14(17)12-22-4-6-23(7-5-22)13-16-11-18(25)24-8-9-27-19(24)21-16/h2-3,8-11H,4-7,12-13H2,1H3. The molecule has 6 nitrogen and oxygen atoms in total. The smallest absolute Gasteiger partial charge is 0.258 e. The van der Waals surface area contributed by atoms with Crippen LogP contribution in [0.15, 0.2) is 40.6 Å². The summed E-state index contributed by atoms with van der Waals surface area (Å²) in [6.07, 6.45) is 1.75.